The van der Waals surface area contributed by atoms with E-state index in [2.05, 4.69) is 17.6 Å². The van der Waals surface area contributed by atoms with Crippen LogP contribution in [0, 0.1) is 35.3 Å². The summed E-state index contributed by atoms with van der Waals surface area (Å²) in [5.41, 5.74) is -0.675. The van der Waals surface area contributed by atoms with Gasteiger partial charge in [-0.1, -0.05) is 26.4 Å². The summed E-state index contributed by atoms with van der Waals surface area (Å²) in [7, 11) is -9.10. The molecule has 0 spiro atoms. The summed E-state index contributed by atoms with van der Waals surface area (Å²) in [6.07, 6.45) is 5.00. The molecule has 4 atom stereocenters. The van der Waals surface area contributed by atoms with Crippen molar-refractivity contribution < 1.29 is 47.3 Å². The molecule has 0 heterocycles. The van der Waals surface area contributed by atoms with E-state index in [1.54, 1.807) is 0 Å². The van der Waals surface area contributed by atoms with Gasteiger partial charge >= 0.3 is 10.2 Å². The molecule has 5 rings (SSSR count). The van der Waals surface area contributed by atoms with Crippen LogP contribution >= 0.6 is 10.2 Å². The molecule has 3 fully saturated rings. The van der Waals surface area contributed by atoms with E-state index in [4.69, 9.17) is 9.47 Å². The molecule has 43 heavy (non-hydrogen) atoms. The molecule has 2 amide bonds. The summed E-state index contributed by atoms with van der Waals surface area (Å²) in [5.74, 6) is -5.20. The Morgan fingerprint density at radius 3 is 2.19 bits per heavy atom. The third-order valence-corrected chi connectivity index (χ3v) is 10.0. The van der Waals surface area contributed by atoms with Gasteiger partial charge in [-0.3, -0.25) is 9.59 Å². The molecule has 2 bridgehead atoms. The maximum Gasteiger partial charge on any atom is 0.313 e. The first-order chi connectivity index (χ1) is 19.9. The number of nitrogens with one attached hydrogen (secondary N) is 2. The third-order valence-electron chi connectivity index (χ3n) is 8.89. The van der Waals surface area contributed by atoms with Crippen LogP contribution in [0.5, 0.6) is 11.5 Å². The molecular formula is C29H33F7N2O4S. The predicted molar refractivity (Wildman–Crippen MR) is 147 cm³/mol. The second kappa shape index (κ2) is 10.5. The van der Waals surface area contributed by atoms with Crippen LogP contribution in [0.15, 0.2) is 35.2 Å². The van der Waals surface area contributed by atoms with Gasteiger partial charge in [0, 0.05) is 17.8 Å². The van der Waals surface area contributed by atoms with Crippen molar-refractivity contribution in [3.63, 3.8) is 0 Å². The van der Waals surface area contributed by atoms with Gasteiger partial charge in [0.25, 0.3) is 5.91 Å². The van der Waals surface area contributed by atoms with Crippen LogP contribution in [0.3, 0.4) is 0 Å². The first kappa shape index (κ1) is 31.3. The van der Waals surface area contributed by atoms with Gasteiger partial charge in [-0.05, 0) is 87.0 Å². The molecule has 2 N–H and O–H groups in total. The number of fused-ring (bicyclic) bond motifs is 2. The molecule has 0 saturated heterocycles. The molecule has 3 aliphatic carbocycles. The summed E-state index contributed by atoms with van der Waals surface area (Å²) >= 11 is 0. The van der Waals surface area contributed by atoms with E-state index in [1.807, 2.05) is 0 Å². The third kappa shape index (κ3) is 6.68. The van der Waals surface area contributed by atoms with Gasteiger partial charge in [0.2, 0.25) is 5.91 Å². The van der Waals surface area contributed by atoms with E-state index in [1.165, 1.54) is 13.2 Å². The van der Waals surface area contributed by atoms with Gasteiger partial charge in [-0.25, -0.2) is 8.78 Å². The summed E-state index contributed by atoms with van der Waals surface area (Å²) < 4.78 is 106. The monoisotopic (exact) mass is 638 g/mol. The lowest BCUT2D eigenvalue weighted by Crippen LogP contribution is -2.48. The van der Waals surface area contributed by atoms with Crippen LogP contribution in [-0.2, 0) is 4.79 Å². The standard InChI is InChI=1S/C29H33F7N2O4S/c1-15-3-8-19(9-4-15)42-24-13-20(23(41-2)14-22(24)31)28(39)38-27-17-6-5-16(11-17)26(27)29(40)37-18-7-10-21(30)25(12-18)43(32,33,34,35)36/h7,10,12-17,19,26-27H,3-6,8-9,11H2,1-2H3,(H,37,40)(H,38,39)/t15?,16-,17+,19?,26+,27-/m1/s1. The number of carbonyl (C=O) groups excluding carboxylic acids is 2. The van der Waals surface area contributed by atoms with Crippen molar-refractivity contribution in [2.45, 2.75) is 68.9 Å². The number of hydrogen-bond donors (Lipinski definition) is 2. The molecule has 238 valence electrons. The van der Waals surface area contributed by atoms with E-state index in [0.29, 0.717) is 25.2 Å². The summed E-state index contributed by atoms with van der Waals surface area (Å²) in [5, 5.41) is 5.03. The van der Waals surface area contributed by atoms with Gasteiger partial charge in [0.1, 0.15) is 16.5 Å². The van der Waals surface area contributed by atoms with Crippen molar-refractivity contribution in [1.82, 2.24) is 5.32 Å². The lowest BCUT2D eigenvalue weighted by Gasteiger charge is -2.40. The zero-order chi connectivity index (χ0) is 31.4. The van der Waals surface area contributed by atoms with Gasteiger partial charge in [0.15, 0.2) is 11.6 Å². The maximum atomic E-state index is 14.9. The number of carbonyl (C=O) groups is 2. The number of anilines is 1. The minimum atomic E-state index is -10.4. The number of benzene rings is 2. The molecule has 2 aromatic rings. The second-order valence-corrected chi connectivity index (χ2v) is 14.3. The predicted octanol–water partition coefficient (Wildman–Crippen LogP) is 8.37. The molecule has 6 nitrogen and oxygen atoms in total. The van der Waals surface area contributed by atoms with Crippen molar-refractivity contribution in [3.05, 3.63) is 47.5 Å². The van der Waals surface area contributed by atoms with Crippen molar-refractivity contribution >= 4 is 27.7 Å². The number of halogens is 7. The average molecular weight is 639 g/mol. The molecule has 3 aliphatic rings. The lowest BCUT2D eigenvalue weighted by atomic mass is 9.83. The molecule has 2 aromatic carbocycles. The highest BCUT2D eigenvalue weighted by Crippen LogP contribution is 3.02. The van der Waals surface area contributed by atoms with Crippen LogP contribution in [0.4, 0.5) is 33.9 Å². The van der Waals surface area contributed by atoms with Crippen LogP contribution in [0.25, 0.3) is 0 Å². The Hall–Kier alpha value is -3.16. The van der Waals surface area contributed by atoms with Crippen molar-refractivity contribution in [1.29, 1.82) is 0 Å². The van der Waals surface area contributed by atoms with Crippen molar-refractivity contribution in [2.24, 2.45) is 23.7 Å². The zero-order valence-corrected chi connectivity index (χ0v) is 24.3. The summed E-state index contributed by atoms with van der Waals surface area (Å²) in [6.45, 7) is 2.13. The largest absolute Gasteiger partial charge is 0.496 e. The van der Waals surface area contributed by atoms with Gasteiger partial charge in [-0.2, -0.15) is 0 Å². The Morgan fingerprint density at radius 1 is 0.860 bits per heavy atom. The number of ether oxygens (including phenoxy) is 2. The van der Waals surface area contributed by atoms with E-state index in [9.17, 15) is 37.8 Å². The fourth-order valence-electron chi connectivity index (χ4n) is 6.71. The van der Waals surface area contributed by atoms with Crippen LogP contribution < -0.4 is 20.1 Å². The quantitative estimate of drug-likeness (QED) is 0.285. The van der Waals surface area contributed by atoms with Crippen molar-refractivity contribution in [2.75, 3.05) is 12.4 Å². The molecule has 3 saturated carbocycles. The van der Waals surface area contributed by atoms with E-state index in [0.717, 1.165) is 37.8 Å². The van der Waals surface area contributed by atoms with Crippen LogP contribution in [0.1, 0.15) is 62.2 Å². The first-order valence-corrected chi connectivity index (χ1v) is 16.1. The maximum absolute atomic E-state index is 14.9. The second-order valence-electron chi connectivity index (χ2n) is 11.9. The van der Waals surface area contributed by atoms with E-state index >= 15 is 0 Å². The lowest BCUT2D eigenvalue weighted by molar-refractivity contribution is -0.122. The highest BCUT2D eigenvalue weighted by Gasteiger charge is 2.67. The zero-order valence-electron chi connectivity index (χ0n) is 23.5. The van der Waals surface area contributed by atoms with Crippen LogP contribution in [0.2, 0.25) is 0 Å². The van der Waals surface area contributed by atoms with E-state index in [-0.39, 0.29) is 47.1 Å². The Balaban J connectivity index is 1.35. The Morgan fingerprint density at radius 2 is 1.53 bits per heavy atom. The average Bonchev–Trinajstić information content (AvgIpc) is 3.52. The topological polar surface area (TPSA) is 76.7 Å². The fraction of sp³-hybridized carbons (Fsp3) is 0.517. The van der Waals surface area contributed by atoms with Gasteiger partial charge in [-0.15, -0.1) is 0 Å². The van der Waals surface area contributed by atoms with Gasteiger partial charge in [0.05, 0.1) is 24.7 Å². The summed E-state index contributed by atoms with van der Waals surface area (Å²) in [6, 6.07) is 2.42. The Bertz CT molecular complexity index is 1430. The van der Waals surface area contributed by atoms with E-state index < -0.39 is 56.2 Å². The number of hydrogen-bond acceptors (Lipinski definition) is 4. The molecule has 0 radical (unpaired) electrons. The Kier molecular flexibility index (Phi) is 7.62. The minimum absolute atomic E-state index is 0.0240. The Labute approximate surface area is 244 Å². The highest BCUT2D eigenvalue weighted by atomic mass is 32.5. The smallest absolute Gasteiger partial charge is 0.313 e. The van der Waals surface area contributed by atoms with Gasteiger partial charge < -0.3 is 20.1 Å². The minimum Gasteiger partial charge on any atom is -0.496 e. The van der Waals surface area contributed by atoms with Crippen molar-refractivity contribution in [3.8, 4) is 11.5 Å². The molecule has 0 aliphatic heterocycles. The number of amides is 2. The van der Waals surface area contributed by atoms with Crippen LogP contribution in [-0.4, -0.2) is 31.1 Å². The molecule has 14 heteroatoms. The normalized spacial score (nSPS) is 28.5. The SMILES string of the molecule is COc1cc(F)c(OC2CCC(C)CC2)cc1C(=O)N[C@@H]1[C@H]2CC[C@H](C2)[C@@H]1C(=O)Nc1ccc(F)c(S(F)(F)(F)(F)F)c1. The summed E-state index contributed by atoms with van der Waals surface area (Å²) in [4.78, 5) is 24.1. The fourth-order valence-corrected chi connectivity index (χ4v) is 7.49. The number of rotatable bonds is 8. The molecule has 0 unspecified atom stereocenters. The highest BCUT2D eigenvalue weighted by molar-refractivity contribution is 8.45. The molecule has 0 aromatic heterocycles. The first-order valence-electron chi connectivity index (χ1n) is 14.1. The molecular weight excluding hydrogens is 605 g/mol. The number of methoxy groups -OCH3 is 1.